The van der Waals surface area contributed by atoms with Crippen LogP contribution in [-0.4, -0.2) is 19.1 Å². The number of rotatable bonds is 6. The highest BCUT2D eigenvalue weighted by Crippen LogP contribution is 2.21. The Balaban J connectivity index is 2.04. The van der Waals surface area contributed by atoms with E-state index in [4.69, 9.17) is 4.74 Å². The first-order valence-electron chi connectivity index (χ1n) is 8.11. The molecule has 0 heterocycles. The first kappa shape index (κ1) is 17.1. The summed E-state index contributed by atoms with van der Waals surface area (Å²) in [7, 11) is 0. The van der Waals surface area contributed by atoms with Gasteiger partial charge in [-0.1, -0.05) is 38.1 Å². The van der Waals surface area contributed by atoms with E-state index in [-0.39, 0.29) is 12.5 Å². The van der Waals surface area contributed by atoms with Crippen molar-refractivity contribution in [2.75, 3.05) is 18.1 Å². The monoisotopic (exact) mass is 311 g/mol. The van der Waals surface area contributed by atoms with Crippen molar-refractivity contribution in [1.82, 2.24) is 0 Å². The van der Waals surface area contributed by atoms with Crippen molar-refractivity contribution >= 4 is 11.6 Å². The molecular formula is C20H25NO2. The van der Waals surface area contributed by atoms with E-state index >= 15 is 0 Å². The van der Waals surface area contributed by atoms with Crippen molar-refractivity contribution in [3.63, 3.8) is 0 Å². The predicted octanol–water partition coefficient (Wildman–Crippen LogP) is 4.55. The van der Waals surface area contributed by atoms with Crippen LogP contribution in [-0.2, 0) is 4.79 Å². The summed E-state index contributed by atoms with van der Waals surface area (Å²) < 4.78 is 5.70. The Bertz CT molecular complexity index is 664. The van der Waals surface area contributed by atoms with E-state index in [0.717, 1.165) is 17.0 Å². The molecule has 0 unspecified atom stereocenters. The lowest BCUT2D eigenvalue weighted by Gasteiger charge is -2.21. The van der Waals surface area contributed by atoms with Crippen LogP contribution in [0.1, 0.15) is 37.8 Å². The third-order valence-corrected chi connectivity index (χ3v) is 3.82. The van der Waals surface area contributed by atoms with Gasteiger partial charge in [-0.3, -0.25) is 4.79 Å². The maximum atomic E-state index is 12.5. The summed E-state index contributed by atoms with van der Waals surface area (Å²) in [6, 6.07) is 15.9. The maximum absolute atomic E-state index is 12.5. The van der Waals surface area contributed by atoms with Gasteiger partial charge in [0.05, 0.1) is 0 Å². The summed E-state index contributed by atoms with van der Waals surface area (Å²) in [6.07, 6.45) is 0. The molecule has 0 aliphatic carbocycles. The zero-order valence-corrected chi connectivity index (χ0v) is 14.4. The minimum absolute atomic E-state index is 0.0342. The van der Waals surface area contributed by atoms with Crippen LogP contribution in [0.2, 0.25) is 0 Å². The van der Waals surface area contributed by atoms with E-state index in [0.29, 0.717) is 12.5 Å². The molecule has 0 saturated heterocycles. The Hall–Kier alpha value is -2.29. The molecule has 0 bridgehead atoms. The molecule has 2 aromatic rings. The molecule has 1 amide bonds. The van der Waals surface area contributed by atoms with Gasteiger partial charge in [0.2, 0.25) is 0 Å². The lowest BCUT2D eigenvalue weighted by Crippen LogP contribution is -2.34. The fraction of sp³-hybridized carbons (Fsp3) is 0.350. The van der Waals surface area contributed by atoms with Gasteiger partial charge in [0.1, 0.15) is 5.75 Å². The zero-order valence-electron chi connectivity index (χ0n) is 14.4. The van der Waals surface area contributed by atoms with Gasteiger partial charge in [0.15, 0.2) is 6.61 Å². The molecule has 0 N–H and O–H groups in total. The van der Waals surface area contributed by atoms with E-state index in [1.165, 1.54) is 5.56 Å². The highest BCUT2D eigenvalue weighted by atomic mass is 16.5. The van der Waals surface area contributed by atoms with Gasteiger partial charge in [-0.15, -0.1) is 0 Å². The summed E-state index contributed by atoms with van der Waals surface area (Å²) in [5.41, 5.74) is 3.26. The Labute approximate surface area is 138 Å². The van der Waals surface area contributed by atoms with Gasteiger partial charge < -0.3 is 9.64 Å². The fourth-order valence-corrected chi connectivity index (χ4v) is 2.49. The van der Waals surface area contributed by atoms with Crippen molar-refractivity contribution in [2.45, 2.75) is 33.6 Å². The Kier molecular flexibility index (Phi) is 5.80. The molecule has 2 rings (SSSR count). The molecule has 0 saturated carbocycles. The molecule has 122 valence electrons. The Morgan fingerprint density at radius 1 is 1.13 bits per heavy atom. The number of nitrogens with zero attached hydrogens (tertiary/aromatic N) is 1. The number of hydrogen-bond acceptors (Lipinski definition) is 2. The van der Waals surface area contributed by atoms with E-state index < -0.39 is 0 Å². The Morgan fingerprint density at radius 2 is 1.87 bits per heavy atom. The summed E-state index contributed by atoms with van der Waals surface area (Å²) in [4.78, 5) is 14.2. The minimum atomic E-state index is -0.0342. The quantitative estimate of drug-likeness (QED) is 0.783. The van der Waals surface area contributed by atoms with Crippen LogP contribution in [0.5, 0.6) is 5.75 Å². The number of carbonyl (C=O) groups excluding carboxylic acids is 1. The SMILES string of the molecule is CCN(C(=O)COc1cccc(C(C)C)c1)c1cccc(C)c1. The highest BCUT2D eigenvalue weighted by molar-refractivity contribution is 5.94. The standard InChI is InChI=1S/C20H25NO2/c1-5-21(18-10-6-8-16(4)12-18)20(22)14-23-19-11-7-9-17(13-19)15(2)3/h6-13,15H,5,14H2,1-4H3. The first-order valence-corrected chi connectivity index (χ1v) is 8.11. The molecule has 0 radical (unpaired) electrons. The molecule has 0 fully saturated rings. The van der Waals surface area contributed by atoms with Gasteiger partial charge in [-0.2, -0.15) is 0 Å². The molecule has 2 aromatic carbocycles. The fourth-order valence-electron chi connectivity index (χ4n) is 2.49. The van der Waals surface area contributed by atoms with Crippen molar-refractivity contribution < 1.29 is 9.53 Å². The lowest BCUT2D eigenvalue weighted by atomic mass is 10.0. The second-order valence-corrected chi connectivity index (χ2v) is 5.99. The topological polar surface area (TPSA) is 29.5 Å². The van der Waals surface area contributed by atoms with Gasteiger partial charge in [-0.05, 0) is 55.2 Å². The third kappa shape index (κ3) is 4.59. The molecule has 3 nitrogen and oxygen atoms in total. The van der Waals surface area contributed by atoms with Crippen LogP contribution in [0, 0.1) is 6.92 Å². The largest absolute Gasteiger partial charge is 0.484 e. The first-order chi connectivity index (χ1) is 11.0. The summed E-state index contributed by atoms with van der Waals surface area (Å²) >= 11 is 0. The molecule has 0 aliphatic heterocycles. The Morgan fingerprint density at radius 3 is 2.52 bits per heavy atom. The summed E-state index contributed by atoms with van der Waals surface area (Å²) in [5, 5.41) is 0. The second kappa shape index (κ2) is 7.82. The number of likely N-dealkylation sites (N-methyl/N-ethyl adjacent to an activating group) is 1. The molecular weight excluding hydrogens is 286 g/mol. The molecule has 0 aromatic heterocycles. The van der Waals surface area contributed by atoms with Crippen LogP contribution < -0.4 is 9.64 Å². The molecule has 0 aliphatic rings. The second-order valence-electron chi connectivity index (χ2n) is 5.99. The van der Waals surface area contributed by atoms with Gasteiger partial charge in [0, 0.05) is 12.2 Å². The average Bonchev–Trinajstić information content (AvgIpc) is 2.54. The van der Waals surface area contributed by atoms with Crippen molar-refractivity contribution in [2.24, 2.45) is 0 Å². The van der Waals surface area contributed by atoms with E-state index in [1.54, 1.807) is 4.90 Å². The molecule has 23 heavy (non-hydrogen) atoms. The van der Waals surface area contributed by atoms with E-state index in [1.807, 2.05) is 56.3 Å². The number of amides is 1. The molecule has 0 spiro atoms. The van der Waals surface area contributed by atoms with Crippen molar-refractivity contribution in [1.29, 1.82) is 0 Å². The lowest BCUT2D eigenvalue weighted by molar-refractivity contribution is -0.120. The maximum Gasteiger partial charge on any atom is 0.264 e. The molecule has 0 atom stereocenters. The van der Waals surface area contributed by atoms with E-state index in [9.17, 15) is 4.79 Å². The van der Waals surface area contributed by atoms with Crippen molar-refractivity contribution in [3.05, 3.63) is 59.7 Å². The van der Waals surface area contributed by atoms with Crippen LogP contribution >= 0.6 is 0 Å². The number of carbonyl (C=O) groups is 1. The van der Waals surface area contributed by atoms with Gasteiger partial charge >= 0.3 is 0 Å². The number of ether oxygens (including phenoxy) is 1. The summed E-state index contributed by atoms with van der Waals surface area (Å²) in [6.45, 7) is 8.94. The van der Waals surface area contributed by atoms with Crippen LogP contribution in [0.15, 0.2) is 48.5 Å². The average molecular weight is 311 g/mol. The summed E-state index contributed by atoms with van der Waals surface area (Å²) in [5.74, 6) is 1.14. The van der Waals surface area contributed by atoms with Crippen molar-refractivity contribution in [3.8, 4) is 5.75 Å². The minimum Gasteiger partial charge on any atom is -0.484 e. The number of hydrogen-bond donors (Lipinski definition) is 0. The molecule has 3 heteroatoms. The third-order valence-electron chi connectivity index (χ3n) is 3.82. The van der Waals surface area contributed by atoms with Crippen LogP contribution in [0.4, 0.5) is 5.69 Å². The van der Waals surface area contributed by atoms with E-state index in [2.05, 4.69) is 19.9 Å². The highest BCUT2D eigenvalue weighted by Gasteiger charge is 2.14. The number of aryl methyl sites for hydroxylation is 1. The number of anilines is 1. The van der Waals surface area contributed by atoms with Gasteiger partial charge in [-0.25, -0.2) is 0 Å². The van der Waals surface area contributed by atoms with Gasteiger partial charge in [0.25, 0.3) is 5.91 Å². The number of benzene rings is 2. The predicted molar refractivity (Wildman–Crippen MR) is 95.2 cm³/mol. The van der Waals surface area contributed by atoms with Crippen LogP contribution in [0.3, 0.4) is 0 Å². The zero-order chi connectivity index (χ0) is 16.8. The smallest absolute Gasteiger partial charge is 0.264 e. The normalized spacial score (nSPS) is 10.7. The van der Waals surface area contributed by atoms with Crippen LogP contribution in [0.25, 0.3) is 0 Å².